The highest BCUT2D eigenvalue weighted by Gasteiger charge is 2.18. The van der Waals surface area contributed by atoms with Gasteiger partial charge in [-0.25, -0.2) is 4.79 Å². The van der Waals surface area contributed by atoms with Gasteiger partial charge in [0.15, 0.2) is 0 Å². The summed E-state index contributed by atoms with van der Waals surface area (Å²) >= 11 is 6.22. The molecule has 0 spiro atoms. The van der Waals surface area contributed by atoms with Gasteiger partial charge in [0.2, 0.25) is 0 Å². The minimum Gasteiger partial charge on any atom is -0.481 e. The molecule has 0 fully saturated rings. The zero-order valence-electron chi connectivity index (χ0n) is 19.9. The van der Waals surface area contributed by atoms with Crippen LogP contribution >= 0.6 is 11.6 Å². The van der Waals surface area contributed by atoms with Crippen LogP contribution in [0.4, 0.5) is 10.6 Å². The molecule has 0 aliphatic carbocycles. The van der Waals surface area contributed by atoms with Crippen LogP contribution in [0.5, 0.6) is 0 Å². The van der Waals surface area contributed by atoms with Gasteiger partial charge in [0.1, 0.15) is 11.9 Å². The molecule has 184 valence electrons. The van der Waals surface area contributed by atoms with Gasteiger partial charge in [-0.2, -0.15) is 5.10 Å². The van der Waals surface area contributed by atoms with E-state index in [-0.39, 0.29) is 6.42 Å². The first-order valence-electron chi connectivity index (χ1n) is 11.5. The number of carboxylic acid groups (broad SMARTS) is 1. The number of ether oxygens (including phenoxy) is 1. The number of carbonyl (C=O) groups excluding carboxylic acids is 1. The van der Waals surface area contributed by atoms with Crippen molar-refractivity contribution in [1.29, 1.82) is 0 Å². The van der Waals surface area contributed by atoms with Gasteiger partial charge >= 0.3 is 12.1 Å². The highest BCUT2D eigenvalue weighted by Crippen LogP contribution is 2.31. The van der Waals surface area contributed by atoms with Crippen LogP contribution in [0.2, 0.25) is 5.02 Å². The third-order valence-electron chi connectivity index (χ3n) is 5.90. The Kier molecular flexibility index (Phi) is 7.71. The normalized spacial score (nSPS) is 11.6. The van der Waals surface area contributed by atoms with E-state index in [1.165, 1.54) is 0 Å². The predicted molar refractivity (Wildman–Crippen MR) is 140 cm³/mol. The molecule has 36 heavy (non-hydrogen) atoms. The fourth-order valence-electron chi connectivity index (χ4n) is 3.91. The van der Waals surface area contributed by atoms with Crippen molar-refractivity contribution >= 4 is 29.5 Å². The average Bonchev–Trinajstić information content (AvgIpc) is 3.23. The van der Waals surface area contributed by atoms with Gasteiger partial charge in [-0.15, -0.1) is 0 Å². The zero-order chi connectivity index (χ0) is 25.7. The number of rotatable bonds is 8. The molecule has 1 aromatic heterocycles. The zero-order valence-corrected chi connectivity index (χ0v) is 20.7. The van der Waals surface area contributed by atoms with Crippen LogP contribution in [0.25, 0.3) is 22.3 Å². The summed E-state index contributed by atoms with van der Waals surface area (Å²) in [5.74, 6) is -0.288. The summed E-state index contributed by atoms with van der Waals surface area (Å²) in [5, 5.41) is 16.5. The molecule has 4 aromatic rings. The maximum Gasteiger partial charge on any atom is 0.413 e. The lowest BCUT2D eigenvalue weighted by Crippen LogP contribution is -2.18. The van der Waals surface area contributed by atoms with Gasteiger partial charge in [0.25, 0.3) is 0 Å². The summed E-state index contributed by atoms with van der Waals surface area (Å²) in [6.45, 7) is 1.77. The molecule has 1 atom stereocenters. The number of benzene rings is 3. The quantitative estimate of drug-likeness (QED) is 0.278. The molecule has 0 saturated carbocycles. The van der Waals surface area contributed by atoms with E-state index in [0.29, 0.717) is 17.3 Å². The van der Waals surface area contributed by atoms with Crippen LogP contribution in [0.3, 0.4) is 0 Å². The number of hydrogen-bond acceptors (Lipinski definition) is 4. The number of halogens is 1. The van der Waals surface area contributed by atoms with Crippen molar-refractivity contribution in [2.24, 2.45) is 7.05 Å². The lowest BCUT2D eigenvalue weighted by Gasteiger charge is -2.16. The Bertz CT molecular complexity index is 1360. The van der Waals surface area contributed by atoms with Crippen molar-refractivity contribution < 1.29 is 19.4 Å². The first-order valence-corrected chi connectivity index (χ1v) is 11.8. The molecule has 0 bridgehead atoms. The molecule has 1 amide bonds. The van der Waals surface area contributed by atoms with Crippen LogP contribution in [0.1, 0.15) is 30.6 Å². The Hall–Kier alpha value is -4.10. The molecule has 7 nitrogen and oxygen atoms in total. The smallest absolute Gasteiger partial charge is 0.413 e. The van der Waals surface area contributed by atoms with E-state index in [4.69, 9.17) is 21.4 Å². The molecular weight excluding hydrogens is 478 g/mol. The number of nitrogens with zero attached hydrogens (tertiary/aromatic N) is 2. The molecule has 0 saturated heterocycles. The lowest BCUT2D eigenvalue weighted by atomic mass is 9.99. The van der Waals surface area contributed by atoms with Crippen molar-refractivity contribution in [3.8, 4) is 22.3 Å². The van der Waals surface area contributed by atoms with E-state index in [1.54, 1.807) is 30.9 Å². The molecule has 4 rings (SSSR count). The maximum atomic E-state index is 12.6. The lowest BCUT2D eigenvalue weighted by molar-refractivity contribution is -0.136. The molecule has 0 unspecified atom stereocenters. The molecule has 3 aromatic carbocycles. The highest BCUT2D eigenvalue weighted by molar-refractivity contribution is 6.31. The van der Waals surface area contributed by atoms with Crippen LogP contribution in [-0.4, -0.2) is 26.9 Å². The molecule has 0 aliphatic heterocycles. The monoisotopic (exact) mass is 503 g/mol. The van der Waals surface area contributed by atoms with Crippen molar-refractivity contribution in [2.45, 2.75) is 25.9 Å². The van der Waals surface area contributed by atoms with Crippen molar-refractivity contribution in [3.05, 3.63) is 95.1 Å². The van der Waals surface area contributed by atoms with Crippen molar-refractivity contribution in [3.63, 3.8) is 0 Å². The summed E-state index contributed by atoms with van der Waals surface area (Å²) < 4.78 is 7.13. The number of anilines is 1. The Morgan fingerprint density at radius 1 is 1.00 bits per heavy atom. The minimum atomic E-state index is -0.803. The minimum absolute atomic E-state index is 0.113. The third-order valence-corrected chi connectivity index (χ3v) is 6.24. The van der Waals surface area contributed by atoms with Crippen LogP contribution in [0.15, 0.2) is 79.0 Å². The number of hydrogen-bond donors (Lipinski definition) is 2. The van der Waals surface area contributed by atoms with E-state index in [1.807, 2.05) is 66.7 Å². The van der Waals surface area contributed by atoms with Gasteiger partial charge in [0.05, 0.1) is 6.20 Å². The largest absolute Gasteiger partial charge is 0.481 e. The Labute approximate surface area is 214 Å². The SMILES string of the molecule is C[C@@H](OC(=O)Nc1c(-c2ccc(-c3ccc(CCC(=O)O)cc3)cc2)cnn1C)c1ccccc1Cl. The maximum absolute atomic E-state index is 12.6. The van der Waals surface area contributed by atoms with E-state index in [9.17, 15) is 9.59 Å². The third kappa shape index (κ3) is 5.93. The molecular formula is C28H26ClN3O4. The fourth-order valence-corrected chi connectivity index (χ4v) is 4.20. The Morgan fingerprint density at radius 3 is 2.25 bits per heavy atom. The van der Waals surface area contributed by atoms with E-state index in [2.05, 4.69) is 10.4 Å². The summed E-state index contributed by atoms with van der Waals surface area (Å²) in [7, 11) is 1.75. The van der Waals surface area contributed by atoms with Crippen molar-refractivity contribution in [2.75, 3.05) is 5.32 Å². The molecule has 1 heterocycles. The first kappa shape index (κ1) is 25.0. The standard InChI is InChI=1S/C28H26ClN3O4/c1-18(23-5-3-4-6-25(23)29)36-28(35)31-27-24(17-30-32(27)2)22-14-12-21(13-15-22)20-10-7-19(8-11-20)9-16-26(33)34/h3-8,10-15,17-18H,9,16H2,1-2H3,(H,31,35)(H,33,34)/t18-/m1/s1. The summed E-state index contributed by atoms with van der Waals surface area (Å²) in [6.07, 6.45) is 1.18. The van der Waals surface area contributed by atoms with Crippen LogP contribution in [0, 0.1) is 0 Å². The molecule has 0 radical (unpaired) electrons. The Balaban J connectivity index is 1.46. The molecule has 2 N–H and O–H groups in total. The van der Waals surface area contributed by atoms with E-state index >= 15 is 0 Å². The second-order valence-electron chi connectivity index (χ2n) is 8.39. The van der Waals surface area contributed by atoms with E-state index < -0.39 is 18.2 Å². The number of aliphatic carboxylic acids is 1. The van der Waals surface area contributed by atoms with Crippen LogP contribution < -0.4 is 5.32 Å². The predicted octanol–water partition coefficient (Wildman–Crippen LogP) is 6.73. The average molecular weight is 504 g/mol. The number of aryl methyl sites for hydroxylation is 2. The van der Waals surface area contributed by atoms with Gasteiger partial charge in [-0.3, -0.25) is 14.8 Å². The van der Waals surface area contributed by atoms with Gasteiger partial charge in [0, 0.05) is 29.6 Å². The molecule has 0 aliphatic rings. The highest BCUT2D eigenvalue weighted by atomic mass is 35.5. The number of nitrogens with one attached hydrogen (secondary N) is 1. The van der Waals surface area contributed by atoms with E-state index in [0.717, 1.165) is 33.4 Å². The second-order valence-corrected chi connectivity index (χ2v) is 8.80. The second kappa shape index (κ2) is 11.1. The van der Waals surface area contributed by atoms with Crippen molar-refractivity contribution in [1.82, 2.24) is 9.78 Å². The van der Waals surface area contributed by atoms with Crippen LogP contribution in [-0.2, 0) is 23.0 Å². The van der Waals surface area contributed by atoms with Gasteiger partial charge in [-0.1, -0.05) is 78.3 Å². The van der Waals surface area contributed by atoms with Gasteiger partial charge in [-0.05, 0) is 41.7 Å². The fraction of sp³-hybridized carbons (Fsp3) is 0.179. The number of carboxylic acids is 1. The first-order chi connectivity index (χ1) is 17.3. The van der Waals surface area contributed by atoms with Gasteiger partial charge < -0.3 is 9.84 Å². The summed E-state index contributed by atoms with van der Waals surface area (Å²) in [5.41, 5.74) is 5.41. The number of amides is 1. The number of aromatic nitrogens is 2. The Morgan fingerprint density at radius 2 is 1.61 bits per heavy atom. The summed E-state index contributed by atoms with van der Waals surface area (Å²) in [4.78, 5) is 23.4. The summed E-state index contributed by atoms with van der Waals surface area (Å²) in [6, 6.07) is 23.0. The molecule has 8 heteroatoms. The topological polar surface area (TPSA) is 93.4 Å². The number of carbonyl (C=O) groups is 2.